The summed E-state index contributed by atoms with van der Waals surface area (Å²) in [4.78, 5) is 12.1. The van der Waals surface area contributed by atoms with Crippen molar-refractivity contribution >= 4 is 34.0 Å². The summed E-state index contributed by atoms with van der Waals surface area (Å²) in [6, 6.07) is 4.85. The van der Waals surface area contributed by atoms with Crippen LogP contribution in [0.4, 0.5) is 11.4 Å². The van der Waals surface area contributed by atoms with Gasteiger partial charge in [0.15, 0.2) is 0 Å². The lowest BCUT2D eigenvalue weighted by Gasteiger charge is -2.22. The van der Waals surface area contributed by atoms with Crippen LogP contribution < -0.4 is 4.90 Å². The quantitative estimate of drug-likeness (QED) is 0.453. The van der Waals surface area contributed by atoms with Crippen LogP contribution in [0.1, 0.15) is 0 Å². The summed E-state index contributed by atoms with van der Waals surface area (Å²) in [6.45, 7) is 0.260. The summed E-state index contributed by atoms with van der Waals surface area (Å²) in [6.07, 6.45) is 0. The van der Waals surface area contributed by atoms with Gasteiger partial charge in [-0.25, -0.2) is 0 Å². The molecule has 17 heavy (non-hydrogen) atoms. The average molecular weight is 352 g/mol. The molecule has 0 amide bonds. The minimum Gasteiger partial charge on any atom is -0.395 e. The summed E-state index contributed by atoms with van der Waals surface area (Å²) in [7, 11) is 0. The van der Waals surface area contributed by atoms with Gasteiger partial charge in [0.25, 0.3) is 5.69 Å². The van der Waals surface area contributed by atoms with Gasteiger partial charge in [0.1, 0.15) is 5.69 Å². The summed E-state index contributed by atoms with van der Waals surface area (Å²) >= 11 is 2.00. The van der Waals surface area contributed by atoms with Crippen LogP contribution in [0.2, 0.25) is 0 Å². The smallest absolute Gasteiger partial charge is 0.293 e. The van der Waals surface area contributed by atoms with E-state index in [0.29, 0.717) is 5.69 Å². The zero-order chi connectivity index (χ0) is 12.8. The van der Waals surface area contributed by atoms with E-state index in [0.717, 1.165) is 3.57 Å². The van der Waals surface area contributed by atoms with Crippen molar-refractivity contribution in [3.05, 3.63) is 31.9 Å². The fourth-order valence-corrected chi connectivity index (χ4v) is 1.98. The van der Waals surface area contributed by atoms with Crippen molar-refractivity contribution in [1.29, 1.82) is 0 Å². The second-order valence-electron chi connectivity index (χ2n) is 3.32. The van der Waals surface area contributed by atoms with Gasteiger partial charge < -0.3 is 15.1 Å². The highest BCUT2D eigenvalue weighted by Gasteiger charge is 2.19. The SMILES string of the molecule is O=[N+]([O-])c1cc(I)ccc1N(CCO)CCO. The molecule has 2 N–H and O–H groups in total. The van der Waals surface area contributed by atoms with E-state index >= 15 is 0 Å². The third-order valence-corrected chi connectivity index (χ3v) is 2.89. The van der Waals surface area contributed by atoms with Crippen molar-refractivity contribution in [2.24, 2.45) is 0 Å². The predicted octanol–water partition coefficient (Wildman–Crippen LogP) is 0.990. The van der Waals surface area contributed by atoms with Gasteiger partial charge in [0, 0.05) is 22.7 Å². The van der Waals surface area contributed by atoms with Crippen LogP contribution in [0.15, 0.2) is 18.2 Å². The lowest BCUT2D eigenvalue weighted by Crippen LogP contribution is -2.30. The van der Waals surface area contributed by atoms with Crippen LogP contribution in [0, 0.1) is 13.7 Å². The summed E-state index contributed by atoms with van der Waals surface area (Å²) < 4.78 is 0.769. The number of nitro groups is 1. The van der Waals surface area contributed by atoms with Crippen molar-refractivity contribution in [2.75, 3.05) is 31.2 Å². The Morgan fingerprint density at radius 3 is 2.35 bits per heavy atom. The standard InChI is InChI=1S/C10H13IN2O4/c11-8-1-2-9(10(7-8)13(16)17)12(3-5-14)4-6-15/h1-2,7,14-15H,3-6H2. The minimum atomic E-state index is -0.459. The lowest BCUT2D eigenvalue weighted by molar-refractivity contribution is -0.384. The van der Waals surface area contributed by atoms with Gasteiger partial charge in [0.05, 0.1) is 18.1 Å². The number of halogens is 1. The Balaban J connectivity index is 3.12. The Bertz CT molecular complexity index is 394. The topological polar surface area (TPSA) is 86.8 Å². The van der Waals surface area contributed by atoms with E-state index in [1.54, 1.807) is 17.0 Å². The van der Waals surface area contributed by atoms with Crippen LogP contribution in [-0.4, -0.2) is 41.4 Å². The molecule has 0 aliphatic carbocycles. The third kappa shape index (κ3) is 3.79. The maximum Gasteiger partial charge on any atom is 0.293 e. The van der Waals surface area contributed by atoms with E-state index in [-0.39, 0.29) is 32.0 Å². The molecule has 7 heteroatoms. The molecule has 0 saturated heterocycles. The molecule has 0 fully saturated rings. The zero-order valence-corrected chi connectivity index (χ0v) is 11.2. The molecule has 1 aromatic rings. The molecule has 0 saturated carbocycles. The molecule has 0 aliphatic heterocycles. The van der Waals surface area contributed by atoms with Gasteiger partial charge in [-0.3, -0.25) is 10.1 Å². The molecule has 94 valence electrons. The van der Waals surface area contributed by atoms with Crippen LogP contribution >= 0.6 is 22.6 Å². The second kappa shape index (κ2) is 6.72. The van der Waals surface area contributed by atoms with Gasteiger partial charge in [-0.05, 0) is 34.7 Å². The van der Waals surface area contributed by atoms with Crippen molar-refractivity contribution in [3.63, 3.8) is 0 Å². The predicted molar refractivity (Wildman–Crippen MR) is 72.2 cm³/mol. The number of rotatable bonds is 6. The van der Waals surface area contributed by atoms with Crippen molar-refractivity contribution < 1.29 is 15.1 Å². The van der Waals surface area contributed by atoms with Crippen LogP contribution in [0.3, 0.4) is 0 Å². The van der Waals surface area contributed by atoms with Gasteiger partial charge in [0.2, 0.25) is 0 Å². The van der Waals surface area contributed by atoms with E-state index in [1.165, 1.54) is 6.07 Å². The molecule has 6 nitrogen and oxygen atoms in total. The van der Waals surface area contributed by atoms with E-state index in [4.69, 9.17) is 10.2 Å². The maximum absolute atomic E-state index is 10.9. The summed E-state index contributed by atoms with van der Waals surface area (Å²) in [5, 5.41) is 28.8. The number of hydrogen-bond donors (Lipinski definition) is 2. The number of hydrogen-bond acceptors (Lipinski definition) is 5. The highest BCUT2D eigenvalue weighted by Crippen LogP contribution is 2.29. The number of nitro benzene ring substituents is 1. The number of benzene rings is 1. The van der Waals surface area contributed by atoms with Crippen LogP contribution in [-0.2, 0) is 0 Å². The Labute approximate surface area is 112 Å². The zero-order valence-electron chi connectivity index (χ0n) is 9.04. The number of nitrogens with zero attached hydrogens (tertiary/aromatic N) is 2. The lowest BCUT2D eigenvalue weighted by atomic mass is 10.2. The minimum absolute atomic E-state index is 0.0150. The largest absolute Gasteiger partial charge is 0.395 e. The Morgan fingerprint density at radius 1 is 1.29 bits per heavy atom. The molecular weight excluding hydrogens is 339 g/mol. The first-order valence-corrected chi connectivity index (χ1v) is 6.08. The van der Waals surface area contributed by atoms with E-state index in [9.17, 15) is 10.1 Å². The maximum atomic E-state index is 10.9. The molecule has 0 spiro atoms. The fraction of sp³-hybridized carbons (Fsp3) is 0.400. The normalized spacial score (nSPS) is 10.3. The summed E-state index contributed by atoms with van der Waals surface area (Å²) in [5.41, 5.74) is 0.400. The fourth-order valence-electron chi connectivity index (χ4n) is 1.50. The molecule has 0 radical (unpaired) electrons. The summed E-state index contributed by atoms with van der Waals surface area (Å²) in [5.74, 6) is 0. The average Bonchev–Trinajstić information content (AvgIpc) is 2.28. The molecule has 1 aromatic carbocycles. The van der Waals surface area contributed by atoms with Crippen molar-refractivity contribution in [1.82, 2.24) is 0 Å². The van der Waals surface area contributed by atoms with Crippen molar-refractivity contribution in [3.8, 4) is 0 Å². The van der Waals surface area contributed by atoms with Gasteiger partial charge in [-0.15, -0.1) is 0 Å². The molecule has 0 aromatic heterocycles. The van der Waals surface area contributed by atoms with E-state index in [2.05, 4.69) is 0 Å². The first-order valence-electron chi connectivity index (χ1n) is 5.00. The molecule has 0 unspecified atom stereocenters. The second-order valence-corrected chi connectivity index (χ2v) is 4.57. The molecule has 1 rings (SSSR count). The monoisotopic (exact) mass is 352 g/mol. The van der Waals surface area contributed by atoms with Crippen molar-refractivity contribution in [2.45, 2.75) is 0 Å². The van der Waals surface area contributed by atoms with Crippen LogP contribution in [0.5, 0.6) is 0 Å². The Morgan fingerprint density at radius 2 is 1.88 bits per heavy atom. The number of anilines is 1. The molecule has 0 bridgehead atoms. The Kier molecular flexibility index (Phi) is 5.59. The highest BCUT2D eigenvalue weighted by atomic mass is 127. The van der Waals surface area contributed by atoms with Gasteiger partial charge >= 0.3 is 0 Å². The third-order valence-electron chi connectivity index (χ3n) is 2.21. The number of aliphatic hydroxyl groups excluding tert-OH is 2. The molecular formula is C10H13IN2O4. The van der Waals surface area contributed by atoms with E-state index < -0.39 is 4.92 Å². The van der Waals surface area contributed by atoms with Crippen LogP contribution in [0.25, 0.3) is 0 Å². The van der Waals surface area contributed by atoms with Gasteiger partial charge in [-0.1, -0.05) is 0 Å². The highest BCUT2D eigenvalue weighted by molar-refractivity contribution is 14.1. The Hall–Kier alpha value is -0.930. The first kappa shape index (κ1) is 14.1. The van der Waals surface area contributed by atoms with Gasteiger partial charge in [-0.2, -0.15) is 0 Å². The van der Waals surface area contributed by atoms with E-state index in [1.807, 2.05) is 22.6 Å². The molecule has 0 aliphatic rings. The first-order chi connectivity index (χ1) is 8.10. The molecule has 0 heterocycles. The number of aliphatic hydroxyl groups is 2. The molecule has 0 atom stereocenters.